The fourth-order valence-corrected chi connectivity index (χ4v) is 3.34. The molecule has 0 aliphatic heterocycles. The van der Waals surface area contributed by atoms with Gasteiger partial charge in [-0.25, -0.2) is 0 Å². The molecular weight excluding hydrogens is 180 g/mol. The van der Waals surface area contributed by atoms with Gasteiger partial charge in [0, 0.05) is 5.92 Å². The van der Waals surface area contributed by atoms with E-state index in [2.05, 4.69) is 33.8 Å². The molecule has 0 heterocycles. The molecule has 2 rings (SSSR count). The van der Waals surface area contributed by atoms with Crippen molar-refractivity contribution in [2.24, 2.45) is 17.8 Å². The van der Waals surface area contributed by atoms with Crippen LogP contribution in [0.5, 0.6) is 0 Å². The minimum atomic E-state index is 0.767. The highest BCUT2D eigenvalue weighted by molar-refractivity contribution is 5.31. The molecule has 0 aromatic rings. The van der Waals surface area contributed by atoms with Gasteiger partial charge in [0.2, 0.25) is 0 Å². The summed E-state index contributed by atoms with van der Waals surface area (Å²) in [5.41, 5.74) is 5.11. The lowest BCUT2D eigenvalue weighted by atomic mass is 9.75. The largest absolute Gasteiger partial charge is 0.0798 e. The molecule has 2 aliphatic carbocycles. The topological polar surface area (TPSA) is 0 Å². The third-order valence-corrected chi connectivity index (χ3v) is 4.25. The Morgan fingerprint density at radius 3 is 2.40 bits per heavy atom. The van der Waals surface area contributed by atoms with Crippen LogP contribution in [0.4, 0.5) is 0 Å². The maximum Gasteiger partial charge on any atom is 0.000775 e. The van der Waals surface area contributed by atoms with Crippen molar-refractivity contribution in [3.8, 4) is 0 Å². The van der Waals surface area contributed by atoms with Gasteiger partial charge in [-0.1, -0.05) is 36.6 Å². The zero-order chi connectivity index (χ0) is 11.0. The van der Waals surface area contributed by atoms with Crippen LogP contribution >= 0.6 is 0 Å². The van der Waals surface area contributed by atoms with Gasteiger partial charge in [-0.15, -0.1) is 0 Å². The maximum absolute atomic E-state index is 2.51. The Morgan fingerprint density at radius 2 is 1.73 bits per heavy atom. The van der Waals surface area contributed by atoms with Gasteiger partial charge in [-0.3, -0.25) is 0 Å². The predicted octanol–water partition coefficient (Wildman–Crippen LogP) is 4.73. The highest BCUT2D eigenvalue weighted by atomic mass is 14.4. The second-order valence-corrected chi connectivity index (χ2v) is 5.78. The van der Waals surface area contributed by atoms with Crippen molar-refractivity contribution in [2.75, 3.05) is 0 Å². The zero-order valence-corrected chi connectivity index (χ0v) is 10.6. The van der Waals surface area contributed by atoms with Gasteiger partial charge in [0.25, 0.3) is 0 Å². The Labute approximate surface area is 94.5 Å². The lowest BCUT2D eigenvalue weighted by Gasteiger charge is -2.30. The first-order valence-corrected chi connectivity index (χ1v) is 6.46. The van der Waals surface area contributed by atoms with Crippen LogP contribution in [0, 0.1) is 17.8 Å². The summed E-state index contributed by atoms with van der Waals surface area (Å²) in [5.74, 6) is 2.51. The lowest BCUT2D eigenvalue weighted by molar-refractivity contribution is 0.409. The molecule has 0 fully saturated rings. The van der Waals surface area contributed by atoms with Crippen LogP contribution in [0.1, 0.15) is 53.4 Å². The summed E-state index contributed by atoms with van der Waals surface area (Å²) in [4.78, 5) is 0. The van der Waals surface area contributed by atoms with Crippen molar-refractivity contribution in [2.45, 2.75) is 53.4 Å². The standard InChI is InChI=1S/C15H24/c1-10(2)9-15-12(4)5-7-13-11(3)6-8-14(13)15/h9,11-12,15H,5-8H2,1-4H3/t11-,12-,15-/m0/s1. The van der Waals surface area contributed by atoms with E-state index in [-0.39, 0.29) is 0 Å². The summed E-state index contributed by atoms with van der Waals surface area (Å²) in [5, 5.41) is 0. The van der Waals surface area contributed by atoms with Crippen LogP contribution in [-0.2, 0) is 0 Å². The third kappa shape index (κ3) is 2.04. The van der Waals surface area contributed by atoms with Crippen LogP contribution in [0.25, 0.3) is 0 Å². The normalized spacial score (nSPS) is 35.3. The summed E-state index contributed by atoms with van der Waals surface area (Å²) >= 11 is 0. The lowest BCUT2D eigenvalue weighted by Crippen LogP contribution is -2.18. The van der Waals surface area contributed by atoms with Gasteiger partial charge >= 0.3 is 0 Å². The van der Waals surface area contributed by atoms with E-state index in [4.69, 9.17) is 0 Å². The minimum absolute atomic E-state index is 0.767. The summed E-state index contributed by atoms with van der Waals surface area (Å²) in [6, 6.07) is 0. The van der Waals surface area contributed by atoms with E-state index in [9.17, 15) is 0 Å². The molecule has 15 heavy (non-hydrogen) atoms. The van der Waals surface area contributed by atoms with Crippen molar-refractivity contribution in [3.63, 3.8) is 0 Å². The molecule has 0 radical (unpaired) electrons. The Hall–Kier alpha value is -0.520. The van der Waals surface area contributed by atoms with E-state index in [1.54, 1.807) is 0 Å². The van der Waals surface area contributed by atoms with Gasteiger partial charge in [0.05, 0.1) is 0 Å². The van der Waals surface area contributed by atoms with Gasteiger partial charge < -0.3 is 0 Å². The predicted molar refractivity (Wildman–Crippen MR) is 66.7 cm³/mol. The summed E-state index contributed by atoms with van der Waals surface area (Å²) in [7, 11) is 0. The van der Waals surface area contributed by atoms with E-state index in [1.165, 1.54) is 31.3 Å². The molecule has 0 saturated carbocycles. The number of rotatable bonds is 1. The number of allylic oxidation sites excluding steroid dienone is 4. The van der Waals surface area contributed by atoms with Gasteiger partial charge in [0.15, 0.2) is 0 Å². The highest BCUT2D eigenvalue weighted by Crippen LogP contribution is 2.46. The fraction of sp³-hybridized carbons (Fsp3) is 0.733. The van der Waals surface area contributed by atoms with E-state index in [0.717, 1.165) is 17.8 Å². The first kappa shape index (κ1) is 11.0. The molecule has 0 spiro atoms. The first-order valence-electron chi connectivity index (χ1n) is 6.46. The smallest absolute Gasteiger partial charge is 0.000775 e. The van der Waals surface area contributed by atoms with Crippen LogP contribution in [-0.4, -0.2) is 0 Å². The highest BCUT2D eigenvalue weighted by Gasteiger charge is 2.32. The van der Waals surface area contributed by atoms with Gasteiger partial charge in [0.1, 0.15) is 0 Å². The van der Waals surface area contributed by atoms with E-state index >= 15 is 0 Å². The second-order valence-electron chi connectivity index (χ2n) is 5.78. The molecule has 0 heteroatoms. The van der Waals surface area contributed by atoms with Crippen LogP contribution in [0.15, 0.2) is 22.8 Å². The summed E-state index contributed by atoms with van der Waals surface area (Å²) < 4.78 is 0. The average Bonchev–Trinajstić information content (AvgIpc) is 2.52. The molecule has 84 valence electrons. The number of hydrogen-bond donors (Lipinski definition) is 0. The first-order chi connectivity index (χ1) is 7.09. The molecule has 3 atom stereocenters. The summed E-state index contributed by atoms with van der Waals surface area (Å²) in [6.07, 6.45) is 8.07. The second kappa shape index (κ2) is 4.15. The molecule has 0 nitrogen and oxygen atoms in total. The van der Waals surface area contributed by atoms with Crippen LogP contribution in [0.2, 0.25) is 0 Å². The van der Waals surface area contributed by atoms with Crippen molar-refractivity contribution >= 4 is 0 Å². The fourth-order valence-electron chi connectivity index (χ4n) is 3.34. The van der Waals surface area contributed by atoms with Crippen LogP contribution in [0.3, 0.4) is 0 Å². The van der Waals surface area contributed by atoms with Crippen LogP contribution < -0.4 is 0 Å². The Bertz CT molecular complexity index is 302. The molecule has 0 saturated heterocycles. The van der Waals surface area contributed by atoms with E-state index < -0.39 is 0 Å². The minimum Gasteiger partial charge on any atom is -0.0798 e. The van der Waals surface area contributed by atoms with E-state index in [0.29, 0.717) is 0 Å². The molecule has 2 aliphatic rings. The molecule has 0 amide bonds. The monoisotopic (exact) mass is 204 g/mol. The van der Waals surface area contributed by atoms with Crippen molar-refractivity contribution in [3.05, 3.63) is 22.8 Å². The van der Waals surface area contributed by atoms with E-state index in [1.807, 2.05) is 11.1 Å². The Kier molecular flexibility index (Phi) is 3.04. The Morgan fingerprint density at radius 1 is 1.07 bits per heavy atom. The van der Waals surface area contributed by atoms with Gasteiger partial charge in [-0.05, 0) is 51.4 Å². The molecule has 0 aromatic heterocycles. The van der Waals surface area contributed by atoms with Crippen molar-refractivity contribution in [1.82, 2.24) is 0 Å². The number of hydrogen-bond acceptors (Lipinski definition) is 0. The molecule has 0 aromatic carbocycles. The average molecular weight is 204 g/mol. The maximum atomic E-state index is 2.51. The van der Waals surface area contributed by atoms with Gasteiger partial charge in [-0.2, -0.15) is 0 Å². The SMILES string of the molecule is CC(C)=C[C@@H]1C2=C(CC[C@@H]1C)[C@@H](C)CC2. The zero-order valence-electron chi connectivity index (χ0n) is 10.6. The van der Waals surface area contributed by atoms with Crippen molar-refractivity contribution < 1.29 is 0 Å². The molecule has 0 bridgehead atoms. The quantitative estimate of drug-likeness (QED) is 0.542. The van der Waals surface area contributed by atoms with Crippen molar-refractivity contribution in [1.29, 1.82) is 0 Å². The molecule has 0 N–H and O–H groups in total. The molecule has 0 unspecified atom stereocenters. The molecular formula is C15H24. The third-order valence-electron chi connectivity index (χ3n) is 4.25. The summed E-state index contributed by atoms with van der Waals surface area (Å²) in [6.45, 7) is 9.31. The Balaban J connectivity index is 2.30.